The number of morpholine rings is 1. The molecule has 0 amide bonds. The van der Waals surface area contributed by atoms with Gasteiger partial charge in [0.05, 0.1) is 13.2 Å². The predicted octanol–water partition coefficient (Wildman–Crippen LogP) is 4.78. The molecule has 1 fully saturated rings. The lowest BCUT2D eigenvalue weighted by molar-refractivity contribution is 0.121. The van der Waals surface area contributed by atoms with Crippen molar-refractivity contribution in [3.05, 3.63) is 65.5 Å². The highest BCUT2D eigenvalue weighted by atomic mass is 32.2. The van der Waals surface area contributed by atoms with Crippen LogP contribution >= 0.6 is 11.8 Å². The Balaban J connectivity index is 1.36. The number of rotatable bonds is 9. The van der Waals surface area contributed by atoms with Crippen LogP contribution in [0, 0.1) is 11.7 Å². The molecule has 2 heterocycles. The van der Waals surface area contributed by atoms with Gasteiger partial charge in [0, 0.05) is 25.4 Å². The van der Waals surface area contributed by atoms with Crippen molar-refractivity contribution in [2.75, 3.05) is 31.2 Å². The zero-order valence-electron chi connectivity index (χ0n) is 18.5. The number of benzene rings is 2. The summed E-state index contributed by atoms with van der Waals surface area (Å²) in [5, 5.41) is 9.93. The molecular formula is C24H29FN4O2S. The third kappa shape index (κ3) is 6.01. The van der Waals surface area contributed by atoms with Gasteiger partial charge in [0.2, 0.25) is 5.95 Å². The van der Waals surface area contributed by atoms with Crippen molar-refractivity contribution in [1.82, 2.24) is 14.8 Å². The third-order valence-corrected chi connectivity index (χ3v) is 6.19. The average molecular weight is 457 g/mol. The van der Waals surface area contributed by atoms with Crippen molar-refractivity contribution in [1.29, 1.82) is 0 Å². The highest BCUT2D eigenvalue weighted by molar-refractivity contribution is 7.98. The Bertz CT molecular complexity index is 986. The van der Waals surface area contributed by atoms with Gasteiger partial charge in [-0.15, -0.1) is 10.2 Å². The molecule has 0 spiro atoms. The van der Waals surface area contributed by atoms with Crippen LogP contribution in [0.15, 0.2) is 53.7 Å². The molecule has 1 aliphatic rings. The van der Waals surface area contributed by atoms with Crippen molar-refractivity contribution in [3.8, 4) is 5.75 Å². The van der Waals surface area contributed by atoms with Gasteiger partial charge in [-0.25, -0.2) is 4.39 Å². The molecule has 170 valence electrons. The molecule has 2 aromatic carbocycles. The smallest absolute Gasteiger partial charge is 0.228 e. The van der Waals surface area contributed by atoms with Gasteiger partial charge < -0.3 is 14.4 Å². The Morgan fingerprint density at radius 2 is 1.69 bits per heavy atom. The molecule has 8 heteroatoms. The lowest BCUT2D eigenvalue weighted by Crippen LogP contribution is -2.38. The minimum absolute atomic E-state index is 0.239. The predicted molar refractivity (Wildman–Crippen MR) is 125 cm³/mol. The lowest BCUT2D eigenvalue weighted by atomic mass is 10.2. The third-order valence-electron chi connectivity index (χ3n) is 5.15. The van der Waals surface area contributed by atoms with Crippen LogP contribution in [0.5, 0.6) is 5.75 Å². The number of halogens is 1. The van der Waals surface area contributed by atoms with Crippen molar-refractivity contribution >= 4 is 17.7 Å². The Hall–Kier alpha value is -2.58. The number of ether oxygens (including phenoxy) is 2. The second-order valence-electron chi connectivity index (χ2n) is 8.23. The fourth-order valence-electron chi connectivity index (χ4n) is 3.49. The van der Waals surface area contributed by atoms with Gasteiger partial charge in [-0.2, -0.15) is 0 Å². The van der Waals surface area contributed by atoms with E-state index in [0.29, 0.717) is 12.5 Å². The van der Waals surface area contributed by atoms with E-state index in [0.717, 1.165) is 61.0 Å². The van der Waals surface area contributed by atoms with Crippen LogP contribution in [0.1, 0.15) is 25.0 Å². The van der Waals surface area contributed by atoms with E-state index in [2.05, 4.69) is 45.6 Å². The molecule has 4 rings (SSSR count). The second-order valence-corrected chi connectivity index (χ2v) is 9.18. The van der Waals surface area contributed by atoms with Crippen LogP contribution in [0.25, 0.3) is 0 Å². The van der Waals surface area contributed by atoms with Gasteiger partial charge in [0.15, 0.2) is 5.16 Å². The van der Waals surface area contributed by atoms with Crippen molar-refractivity contribution < 1.29 is 13.9 Å². The first-order chi connectivity index (χ1) is 15.6. The van der Waals surface area contributed by atoms with Crippen LogP contribution in [0.2, 0.25) is 0 Å². The SMILES string of the molecule is CC(C)Cn1c(SCc2ccc(OCc3ccc(F)cc3)cc2)nnc1N1CCOCC1. The molecule has 0 bridgehead atoms. The maximum atomic E-state index is 13.0. The summed E-state index contributed by atoms with van der Waals surface area (Å²) in [6, 6.07) is 14.4. The Morgan fingerprint density at radius 1 is 1.00 bits per heavy atom. The minimum Gasteiger partial charge on any atom is -0.489 e. The van der Waals surface area contributed by atoms with E-state index in [-0.39, 0.29) is 5.82 Å². The zero-order chi connectivity index (χ0) is 22.3. The molecule has 0 N–H and O–H groups in total. The van der Waals surface area contributed by atoms with Gasteiger partial charge in [-0.05, 0) is 41.3 Å². The summed E-state index contributed by atoms with van der Waals surface area (Å²) in [6.07, 6.45) is 0. The molecule has 0 saturated carbocycles. The van der Waals surface area contributed by atoms with E-state index < -0.39 is 0 Å². The van der Waals surface area contributed by atoms with Crippen LogP contribution in [0.3, 0.4) is 0 Å². The molecule has 3 aromatic rings. The molecule has 0 atom stereocenters. The highest BCUT2D eigenvalue weighted by Gasteiger charge is 2.21. The summed E-state index contributed by atoms with van der Waals surface area (Å²) in [7, 11) is 0. The van der Waals surface area contributed by atoms with E-state index >= 15 is 0 Å². The van der Waals surface area contributed by atoms with Crippen LogP contribution < -0.4 is 9.64 Å². The quantitative estimate of drug-likeness (QED) is 0.432. The van der Waals surface area contributed by atoms with E-state index in [1.165, 1.54) is 17.7 Å². The number of hydrogen-bond donors (Lipinski definition) is 0. The van der Waals surface area contributed by atoms with Gasteiger partial charge in [-0.1, -0.05) is 49.9 Å². The summed E-state index contributed by atoms with van der Waals surface area (Å²) in [6.45, 7) is 8.87. The second kappa shape index (κ2) is 10.8. The Labute approximate surface area is 192 Å². The van der Waals surface area contributed by atoms with Crippen LogP contribution in [-0.2, 0) is 23.6 Å². The van der Waals surface area contributed by atoms with E-state index in [1.807, 2.05) is 12.1 Å². The van der Waals surface area contributed by atoms with Gasteiger partial charge in [0.1, 0.15) is 18.2 Å². The van der Waals surface area contributed by atoms with E-state index in [4.69, 9.17) is 9.47 Å². The summed E-state index contributed by atoms with van der Waals surface area (Å²) < 4.78 is 26.5. The maximum Gasteiger partial charge on any atom is 0.228 e. The monoisotopic (exact) mass is 456 g/mol. The van der Waals surface area contributed by atoms with E-state index in [9.17, 15) is 4.39 Å². The van der Waals surface area contributed by atoms with Gasteiger partial charge in [-0.3, -0.25) is 4.57 Å². The standard InChI is InChI=1S/C24H29FN4O2S/c1-18(2)15-29-23(28-11-13-30-14-12-28)26-27-24(29)32-17-20-5-9-22(10-6-20)31-16-19-3-7-21(25)8-4-19/h3-10,18H,11-17H2,1-2H3. The molecule has 1 aliphatic heterocycles. The number of thioether (sulfide) groups is 1. The Morgan fingerprint density at radius 3 is 2.38 bits per heavy atom. The topological polar surface area (TPSA) is 52.4 Å². The summed E-state index contributed by atoms with van der Waals surface area (Å²) in [5.41, 5.74) is 2.13. The van der Waals surface area contributed by atoms with Crippen LogP contribution in [0.4, 0.5) is 10.3 Å². The number of aromatic nitrogens is 3. The Kier molecular flexibility index (Phi) is 7.65. The fourth-order valence-corrected chi connectivity index (χ4v) is 4.39. The molecule has 0 unspecified atom stereocenters. The van der Waals surface area contributed by atoms with Gasteiger partial charge >= 0.3 is 0 Å². The number of hydrogen-bond acceptors (Lipinski definition) is 6. The molecule has 0 aliphatic carbocycles. The minimum atomic E-state index is -0.239. The maximum absolute atomic E-state index is 13.0. The van der Waals surface area contributed by atoms with Crippen LogP contribution in [-0.4, -0.2) is 41.1 Å². The van der Waals surface area contributed by atoms with E-state index in [1.54, 1.807) is 23.9 Å². The molecular weight excluding hydrogens is 427 g/mol. The average Bonchev–Trinajstić information content (AvgIpc) is 3.20. The summed E-state index contributed by atoms with van der Waals surface area (Å²) in [4.78, 5) is 2.26. The molecule has 0 radical (unpaired) electrons. The number of anilines is 1. The van der Waals surface area contributed by atoms with Crippen molar-refractivity contribution in [3.63, 3.8) is 0 Å². The van der Waals surface area contributed by atoms with Crippen molar-refractivity contribution in [2.45, 2.75) is 37.9 Å². The molecule has 1 aromatic heterocycles. The fraction of sp³-hybridized carbons (Fsp3) is 0.417. The van der Waals surface area contributed by atoms with Crippen molar-refractivity contribution in [2.24, 2.45) is 5.92 Å². The lowest BCUT2D eigenvalue weighted by Gasteiger charge is -2.28. The zero-order valence-corrected chi connectivity index (χ0v) is 19.4. The first kappa shape index (κ1) is 22.6. The normalized spacial score (nSPS) is 14.2. The summed E-state index contributed by atoms with van der Waals surface area (Å²) >= 11 is 1.70. The summed E-state index contributed by atoms with van der Waals surface area (Å²) in [5.74, 6) is 2.80. The highest BCUT2D eigenvalue weighted by Crippen LogP contribution is 2.27. The largest absolute Gasteiger partial charge is 0.489 e. The molecule has 1 saturated heterocycles. The first-order valence-corrected chi connectivity index (χ1v) is 11.9. The molecule has 6 nitrogen and oxygen atoms in total. The van der Waals surface area contributed by atoms with Gasteiger partial charge in [0.25, 0.3) is 0 Å². The molecule has 32 heavy (non-hydrogen) atoms. The first-order valence-electron chi connectivity index (χ1n) is 10.9. The number of nitrogens with zero attached hydrogens (tertiary/aromatic N) is 4.